The summed E-state index contributed by atoms with van der Waals surface area (Å²) in [5.41, 5.74) is 0.971. The van der Waals surface area contributed by atoms with Crippen LogP contribution in [0.5, 0.6) is 11.5 Å². The van der Waals surface area contributed by atoms with Gasteiger partial charge in [-0.05, 0) is 32.3 Å². The molecule has 0 aromatic heterocycles. The Morgan fingerprint density at radius 2 is 2.00 bits per heavy atom. The number of hydrogen-bond donors (Lipinski definition) is 1. The maximum atomic E-state index is 9.48. The van der Waals surface area contributed by atoms with Gasteiger partial charge in [0.1, 0.15) is 11.5 Å². The smallest absolute Gasteiger partial charge is 0.161 e. The third kappa shape index (κ3) is 1.47. The average molecular weight is 207 g/mol. The highest BCUT2D eigenvalue weighted by Crippen LogP contribution is 2.44. The fraction of sp³-hybridized carbons (Fsp3) is 0.500. The third-order valence-corrected chi connectivity index (χ3v) is 2.98. The number of fused-ring (bicyclic) bond motifs is 1. The van der Waals surface area contributed by atoms with Crippen LogP contribution in [-0.4, -0.2) is 30.3 Å². The lowest BCUT2D eigenvalue weighted by molar-refractivity contribution is 0.0337. The summed E-state index contributed by atoms with van der Waals surface area (Å²) in [6, 6.07) is 5.28. The molecule has 0 bridgehead atoms. The highest BCUT2D eigenvalue weighted by atomic mass is 16.5. The topological polar surface area (TPSA) is 32.7 Å². The van der Waals surface area contributed by atoms with Gasteiger partial charge in [0.25, 0.3) is 0 Å². The van der Waals surface area contributed by atoms with Gasteiger partial charge in [0.2, 0.25) is 0 Å². The molecule has 0 saturated heterocycles. The quantitative estimate of drug-likeness (QED) is 0.764. The predicted octanol–water partition coefficient (Wildman–Crippen LogP) is 1.95. The molecule has 3 nitrogen and oxygen atoms in total. The molecule has 0 fully saturated rings. The zero-order valence-electron chi connectivity index (χ0n) is 9.61. The Morgan fingerprint density at radius 1 is 1.33 bits per heavy atom. The molecule has 82 valence electrons. The van der Waals surface area contributed by atoms with Crippen LogP contribution in [0.1, 0.15) is 19.4 Å². The zero-order valence-corrected chi connectivity index (χ0v) is 9.61. The van der Waals surface area contributed by atoms with E-state index in [4.69, 9.17) is 4.74 Å². The molecule has 0 aliphatic carbocycles. The van der Waals surface area contributed by atoms with Gasteiger partial charge in [-0.15, -0.1) is 0 Å². The van der Waals surface area contributed by atoms with Crippen molar-refractivity contribution in [1.29, 1.82) is 0 Å². The number of phenols is 1. The summed E-state index contributed by atoms with van der Waals surface area (Å²) < 4.78 is 5.85. The molecule has 1 aliphatic rings. The molecular formula is C12H17NO2. The second-order valence-electron chi connectivity index (χ2n) is 4.84. The van der Waals surface area contributed by atoms with Crippen LogP contribution in [0.4, 0.5) is 0 Å². The van der Waals surface area contributed by atoms with E-state index < -0.39 is 0 Å². The molecule has 1 N–H and O–H groups in total. The van der Waals surface area contributed by atoms with Gasteiger partial charge in [-0.3, -0.25) is 4.90 Å². The molecular weight excluding hydrogens is 190 g/mol. The van der Waals surface area contributed by atoms with Crippen LogP contribution in [0.2, 0.25) is 0 Å². The van der Waals surface area contributed by atoms with E-state index in [0.29, 0.717) is 5.75 Å². The minimum atomic E-state index is -0.0996. The third-order valence-electron chi connectivity index (χ3n) is 2.98. The Hall–Kier alpha value is -1.22. The average Bonchev–Trinajstić information content (AvgIpc) is 2.39. The van der Waals surface area contributed by atoms with Crippen molar-refractivity contribution in [2.75, 3.05) is 14.1 Å². The number of rotatable bonds is 1. The summed E-state index contributed by atoms with van der Waals surface area (Å²) in [4.78, 5) is 2.05. The van der Waals surface area contributed by atoms with Gasteiger partial charge >= 0.3 is 0 Å². The van der Waals surface area contributed by atoms with Gasteiger partial charge in [-0.25, -0.2) is 0 Å². The van der Waals surface area contributed by atoms with Crippen LogP contribution >= 0.6 is 0 Å². The van der Waals surface area contributed by atoms with E-state index in [1.807, 2.05) is 20.2 Å². The van der Waals surface area contributed by atoms with Crippen LogP contribution < -0.4 is 4.74 Å². The summed E-state index contributed by atoms with van der Waals surface area (Å²) in [5.74, 6) is 1.17. The zero-order chi connectivity index (χ0) is 11.2. The van der Waals surface area contributed by atoms with Gasteiger partial charge in [0.05, 0.1) is 0 Å². The summed E-state index contributed by atoms with van der Waals surface area (Å²) in [6.45, 7) is 4.26. The van der Waals surface area contributed by atoms with Crippen molar-refractivity contribution >= 4 is 0 Å². The number of aromatic hydroxyl groups is 1. The lowest BCUT2D eigenvalue weighted by atomic mass is 9.84. The van der Waals surface area contributed by atoms with Crippen molar-refractivity contribution in [2.45, 2.75) is 25.5 Å². The Balaban J connectivity index is 2.48. The molecule has 0 amide bonds. The number of benzene rings is 1. The Bertz CT molecular complexity index is 385. The van der Waals surface area contributed by atoms with Crippen molar-refractivity contribution < 1.29 is 9.84 Å². The Kier molecular flexibility index (Phi) is 2.15. The second-order valence-corrected chi connectivity index (χ2v) is 4.84. The first-order chi connectivity index (χ1) is 6.93. The monoisotopic (exact) mass is 207 g/mol. The Labute approximate surface area is 90.3 Å². The van der Waals surface area contributed by atoms with Crippen molar-refractivity contribution in [3.63, 3.8) is 0 Å². The summed E-state index contributed by atoms with van der Waals surface area (Å²) >= 11 is 0. The molecule has 1 aromatic rings. The first-order valence-electron chi connectivity index (χ1n) is 5.09. The molecule has 0 saturated carbocycles. The van der Waals surface area contributed by atoms with Crippen molar-refractivity contribution in [3.8, 4) is 11.5 Å². The molecule has 3 heteroatoms. The van der Waals surface area contributed by atoms with Crippen molar-refractivity contribution in [1.82, 2.24) is 4.90 Å². The van der Waals surface area contributed by atoms with E-state index in [1.165, 1.54) is 0 Å². The van der Waals surface area contributed by atoms with Crippen LogP contribution in [0, 0.1) is 0 Å². The maximum absolute atomic E-state index is 9.48. The first kappa shape index (κ1) is 10.3. The largest absolute Gasteiger partial charge is 0.508 e. The van der Waals surface area contributed by atoms with E-state index in [1.54, 1.807) is 12.1 Å². The molecule has 15 heavy (non-hydrogen) atoms. The number of hydrogen-bond acceptors (Lipinski definition) is 3. The maximum Gasteiger partial charge on any atom is 0.161 e. The van der Waals surface area contributed by atoms with Gasteiger partial charge in [0, 0.05) is 11.0 Å². The van der Waals surface area contributed by atoms with E-state index in [2.05, 4.69) is 18.7 Å². The number of nitrogens with zero attached hydrogens (tertiary/aromatic N) is 1. The number of phenolic OH excluding ortho intramolecular Hbond substituents is 1. The Morgan fingerprint density at radius 3 is 2.60 bits per heavy atom. The minimum absolute atomic E-state index is 0.0225. The molecule has 1 atom stereocenters. The van der Waals surface area contributed by atoms with Crippen LogP contribution in [0.3, 0.4) is 0 Å². The molecule has 1 unspecified atom stereocenters. The van der Waals surface area contributed by atoms with Gasteiger partial charge < -0.3 is 9.84 Å². The van der Waals surface area contributed by atoms with Crippen molar-refractivity contribution in [2.24, 2.45) is 0 Å². The summed E-state index contributed by atoms with van der Waals surface area (Å²) in [5, 5.41) is 9.48. The molecule has 0 spiro atoms. The highest BCUT2D eigenvalue weighted by molar-refractivity contribution is 5.47. The SMILES string of the molecule is CN(C)C1Oc2ccc(O)cc2C1(C)C. The summed E-state index contributed by atoms with van der Waals surface area (Å²) in [6.07, 6.45) is 0.0225. The highest BCUT2D eigenvalue weighted by Gasteiger charge is 2.42. The predicted molar refractivity (Wildman–Crippen MR) is 59.2 cm³/mol. The second kappa shape index (κ2) is 3.14. The molecule has 1 aromatic carbocycles. The summed E-state index contributed by atoms with van der Waals surface area (Å²) in [7, 11) is 4.00. The van der Waals surface area contributed by atoms with Crippen LogP contribution in [0.15, 0.2) is 18.2 Å². The van der Waals surface area contributed by atoms with Crippen LogP contribution in [0.25, 0.3) is 0 Å². The van der Waals surface area contributed by atoms with Crippen LogP contribution in [-0.2, 0) is 5.41 Å². The lowest BCUT2D eigenvalue weighted by Gasteiger charge is -2.30. The van der Waals surface area contributed by atoms with Crippen molar-refractivity contribution in [3.05, 3.63) is 23.8 Å². The normalized spacial score (nSPS) is 22.6. The van der Waals surface area contributed by atoms with E-state index in [9.17, 15) is 5.11 Å². The number of likely N-dealkylation sites (N-methyl/N-ethyl adjacent to an activating group) is 1. The van der Waals surface area contributed by atoms with Gasteiger partial charge in [-0.1, -0.05) is 13.8 Å². The van der Waals surface area contributed by atoms with Gasteiger partial charge in [-0.2, -0.15) is 0 Å². The number of ether oxygens (including phenoxy) is 1. The first-order valence-corrected chi connectivity index (χ1v) is 5.09. The van der Waals surface area contributed by atoms with Gasteiger partial charge in [0.15, 0.2) is 6.23 Å². The van der Waals surface area contributed by atoms with E-state index >= 15 is 0 Å². The fourth-order valence-corrected chi connectivity index (χ4v) is 2.28. The molecule has 0 radical (unpaired) electrons. The minimum Gasteiger partial charge on any atom is -0.508 e. The fourth-order valence-electron chi connectivity index (χ4n) is 2.28. The van der Waals surface area contributed by atoms with E-state index in [-0.39, 0.29) is 11.6 Å². The molecule has 1 heterocycles. The standard InChI is InChI=1S/C12H17NO2/c1-12(2)9-7-8(14)5-6-10(9)15-11(12)13(3)4/h5-7,11,14H,1-4H3. The molecule has 2 rings (SSSR count). The lowest BCUT2D eigenvalue weighted by Crippen LogP contribution is -2.43. The molecule has 1 aliphatic heterocycles. The van der Waals surface area contributed by atoms with E-state index in [0.717, 1.165) is 11.3 Å².